The van der Waals surface area contributed by atoms with E-state index in [4.69, 9.17) is 5.73 Å². The molecule has 3 unspecified atom stereocenters. The molecule has 5 rings (SSSR count). The predicted molar refractivity (Wildman–Crippen MR) is 104 cm³/mol. The van der Waals surface area contributed by atoms with Crippen molar-refractivity contribution < 1.29 is 18.7 Å². The fourth-order valence-corrected chi connectivity index (χ4v) is 5.21. The lowest BCUT2D eigenvalue weighted by molar-refractivity contribution is 0.0695. The SMILES string of the molecule is NC1CCCC2CN(c3c(F)cc4c(=O)c(C(=O)O)cn(C5CC5)c4c3F)CC12. The predicted octanol–water partition coefficient (Wildman–Crippen LogP) is 2.88. The molecule has 2 saturated carbocycles. The number of carboxylic acids is 1. The van der Waals surface area contributed by atoms with Gasteiger partial charge in [0.2, 0.25) is 5.43 Å². The maximum Gasteiger partial charge on any atom is 0.341 e. The molecule has 3 atom stereocenters. The minimum Gasteiger partial charge on any atom is -0.477 e. The van der Waals surface area contributed by atoms with Gasteiger partial charge in [-0.15, -0.1) is 0 Å². The van der Waals surface area contributed by atoms with Gasteiger partial charge in [-0.2, -0.15) is 0 Å². The Morgan fingerprint density at radius 1 is 1.17 bits per heavy atom. The second-order valence-electron chi connectivity index (χ2n) is 8.66. The van der Waals surface area contributed by atoms with E-state index in [1.165, 1.54) is 10.8 Å². The molecule has 0 spiro atoms. The Morgan fingerprint density at radius 3 is 2.59 bits per heavy atom. The molecule has 1 aromatic carbocycles. The minimum absolute atomic E-state index is 0.00179. The van der Waals surface area contributed by atoms with Gasteiger partial charge >= 0.3 is 5.97 Å². The number of pyridine rings is 1. The second-order valence-corrected chi connectivity index (χ2v) is 8.66. The van der Waals surface area contributed by atoms with Crippen LogP contribution in [0, 0.1) is 23.5 Å². The highest BCUT2D eigenvalue weighted by Gasteiger charge is 2.41. The molecule has 1 aliphatic heterocycles. The lowest BCUT2D eigenvalue weighted by Gasteiger charge is -2.29. The number of aromatic nitrogens is 1. The van der Waals surface area contributed by atoms with Gasteiger partial charge in [0.05, 0.1) is 10.9 Å². The normalized spacial score (nSPS) is 26.7. The third-order valence-corrected chi connectivity index (χ3v) is 6.82. The maximum absolute atomic E-state index is 15.7. The lowest BCUT2D eigenvalue weighted by atomic mass is 9.78. The largest absolute Gasteiger partial charge is 0.477 e. The van der Waals surface area contributed by atoms with E-state index >= 15 is 8.78 Å². The van der Waals surface area contributed by atoms with Gasteiger partial charge in [0.15, 0.2) is 5.82 Å². The zero-order valence-corrected chi connectivity index (χ0v) is 15.9. The average Bonchev–Trinajstić information content (AvgIpc) is 3.42. The Bertz CT molecular complexity index is 1080. The summed E-state index contributed by atoms with van der Waals surface area (Å²) < 4.78 is 32.3. The number of nitrogens with two attached hydrogens (primary N) is 1. The van der Waals surface area contributed by atoms with Crippen LogP contribution in [0.15, 0.2) is 17.1 Å². The molecule has 3 fully saturated rings. The van der Waals surface area contributed by atoms with Gasteiger partial charge < -0.3 is 20.3 Å². The molecule has 1 aromatic heterocycles. The van der Waals surface area contributed by atoms with Gasteiger partial charge in [-0.3, -0.25) is 4.79 Å². The van der Waals surface area contributed by atoms with E-state index in [2.05, 4.69) is 0 Å². The summed E-state index contributed by atoms with van der Waals surface area (Å²) in [6.07, 6.45) is 5.70. The summed E-state index contributed by atoms with van der Waals surface area (Å²) in [7, 11) is 0. The zero-order chi connectivity index (χ0) is 20.4. The number of hydrogen-bond acceptors (Lipinski definition) is 4. The van der Waals surface area contributed by atoms with E-state index in [0.29, 0.717) is 19.0 Å². The fraction of sp³-hybridized carbons (Fsp3) is 0.524. The first-order valence-electron chi connectivity index (χ1n) is 10.2. The molecule has 29 heavy (non-hydrogen) atoms. The molecule has 3 aliphatic rings. The number of aromatic carboxylic acids is 1. The molecule has 2 heterocycles. The minimum atomic E-state index is -1.39. The van der Waals surface area contributed by atoms with Crippen molar-refractivity contribution in [1.82, 2.24) is 4.57 Å². The number of carboxylic acid groups (broad SMARTS) is 1. The second kappa shape index (κ2) is 6.52. The molecule has 0 radical (unpaired) electrons. The van der Waals surface area contributed by atoms with Crippen LogP contribution in [0.25, 0.3) is 10.9 Å². The highest BCUT2D eigenvalue weighted by atomic mass is 19.1. The smallest absolute Gasteiger partial charge is 0.341 e. The Balaban J connectivity index is 1.68. The number of carbonyl (C=O) groups is 1. The van der Waals surface area contributed by atoms with Gasteiger partial charge in [0.25, 0.3) is 0 Å². The van der Waals surface area contributed by atoms with E-state index in [1.807, 2.05) is 0 Å². The van der Waals surface area contributed by atoms with E-state index in [1.54, 1.807) is 4.90 Å². The Hall–Kier alpha value is -2.48. The third-order valence-electron chi connectivity index (χ3n) is 6.82. The standard InChI is InChI=1S/C21H23F2N3O3/c22-15-6-12-18(26(11-4-5-11)9-14(20(12)27)21(28)29)17(23)19(15)25-7-10-2-1-3-16(24)13(10)8-25/h6,9-11,13,16H,1-5,7-8,24H2,(H,28,29). The molecular weight excluding hydrogens is 380 g/mol. The summed E-state index contributed by atoms with van der Waals surface area (Å²) >= 11 is 0. The van der Waals surface area contributed by atoms with Gasteiger partial charge in [0.1, 0.15) is 17.1 Å². The van der Waals surface area contributed by atoms with Gasteiger partial charge in [-0.05, 0) is 43.6 Å². The van der Waals surface area contributed by atoms with Crippen molar-refractivity contribution in [2.45, 2.75) is 44.2 Å². The van der Waals surface area contributed by atoms with Crippen molar-refractivity contribution in [3.8, 4) is 0 Å². The summed E-state index contributed by atoms with van der Waals surface area (Å²) in [5.74, 6) is -2.49. The third kappa shape index (κ3) is 2.84. The van der Waals surface area contributed by atoms with E-state index in [9.17, 15) is 14.7 Å². The van der Waals surface area contributed by atoms with Crippen LogP contribution in [0.1, 0.15) is 48.5 Å². The Morgan fingerprint density at radius 2 is 1.93 bits per heavy atom. The zero-order valence-electron chi connectivity index (χ0n) is 15.9. The topological polar surface area (TPSA) is 88.6 Å². The first-order valence-corrected chi connectivity index (χ1v) is 10.2. The number of anilines is 1. The van der Waals surface area contributed by atoms with Crippen LogP contribution in [-0.2, 0) is 0 Å². The number of rotatable bonds is 3. The van der Waals surface area contributed by atoms with Crippen LogP contribution in [0.5, 0.6) is 0 Å². The molecule has 3 N–H and O–H groups in total. The van der Waals surface area contributed by atoms with E-state index < -0.39 is 28.6 Å². The summed E-state index contributed by atoms with van der Waals surface area (Å²) in [5, 5.41) is 9.12. The van der Waals surface area contributed by atoms with Crippen LogP contribution in [0.2, 0.25) is 0 Å². The average molecular weight is 403 g/mol. The molecule has 154 valence electrons. The van der Waals surface area contributed by atoms with Crippen molar-refractivity contribution in [3.63, 3.8) is 0 Å². The Kier molecular flexibility index (Phi) is 4.17. The van der Waals surface area contributed by atoms with Crippen LogP contribution >= 0.6 is 0 Å². The number of hydrogen-bond donors (Lipinski definition) is 2. The van der Waals surface area contributed by atoms with Gasteiger partial charge in [-0.25, -0.2) is 13.6 Å². The van der Waals surface area contributed by atoms with E-state index in [-0.39, 0.29) is 34.6 Å². The van der Waals surface area contributed by atoms with Gasteiger partial charge in [0, 0.05) is 31.4 Å². The van der Waals surface area contributed by atoms with Crippen molar-refractivity contribution in [2.24, 2.45) is 17.6 Å². The van der Waals surface area contributed by atoms with Crippen LogP contribution < -0.4 is 16.1 Å². The Labute approximate surface area is 165 Å². The molecule has 8 heteroatoms. The van der Waals surface area contributed by atoms with Gasteiger partial charge in [-0.1, -0.05) is 6.42 Å². The first kappa shape index (κ1) is 18.5. The quantitative estimate of drug-likeness (QED) is 0.823. The van der Waals surface area contributed by atoms with Crippen LogP contribution in [0.4, 0.5) is 14.5 Å². The molecule has 1 saturated heterocycles. The van der Waals surface area contributed by atoms with E-state index in [0.717, 1.165) is 38.2 Å². The summed E-state index contributed by atoms with van der Waals surface area (Å²) in [6.45, 7) is 1.03. The summed E-state index contributed by atoms with van der Waals surface area (Å²) in [5.41, 5.74) is 4.80. The molecular formula is C21H23F2N3O3. The molecule has 0 bridgehead atoms. The molecule has 0 amide bonds. The molecule has 2 aliphatic carbocycles. The van der Waals surface area contributed by atoms with Crippen LogP contribution in [-0.4, -0.2) is 34.8 Å². The summed E-state index contributed by atoms with van der Waals surface area (Å²) in [4.78, 5) is 25.8. The summed E-state index contributed by atoms with van der Waals surface area (Å²) in [6, 6.07) is 0.968. The molecule has 6 nitrogen and oxygen atoms in total. The number of benzene rings is 1. The monoisotopic (exact) mass is 403 g/mol. The fourth-order valence-electron chi connectivity index (χ4n) is 5.21. The number of halogens is 2. The highest BCUT2D eigenvalue weighted by Crippen LogP contribution is 2.42. The lowest BCUT2D eigenvalue weighted by Crippen LogP contribution is -2.38. The van der Waals surface area contributed by atoms with Crippen LogP contribution in [0.3, 0.4) is 0 Å². The maximum atomic E-state index is 15.7. The number of nitrogens with zero attached hydrogens (tertiary/aromatic N) is 2. The van der Waals surface area contributed by atoms with Crippen molar-refractivity contribution in [3.05, 3.63) is 39.7 Å². The highest BCUT2D eigenvalue weighted by molar-refractivity contribution is 5.94. The molecule has 2 aromatic rings. The van der Waals surface area contributed by atoms with Crippen molar-refractivity contribution >= 4 is 22.6 Å². The first-order chi connectivity index (χ1) is 13.9. The number of fused-ring (bicyclic) bond motifs is 2. The van der Waals surface area contributed by atoms with Crippen molar-refractivity contribution in [1.29, 1.82) is 0 Å². The van der Waals surface area contributed by atoms with Crippen molar-refractivity contribution in [2.75, 3.05) is 18.0 Å².